The number of furan rings is 1. The largest absolute Gasteiger partial charge is 0.472 e. The molecule has 1 aromatic carbocycles. The Bertz CT molecular complexity index is 710. The van der Waals surface area contributed by atoms with Crippen molar-refractivity contribution in [2.45, 2.75) is 0 Å². The van der Waals surface area contributed by atoms with Crippen molar-refractivity contribution in [3.8, 4) is 11.8 Å². The van der Waals surface area contributed by atoms with Crippen LogP contribution in [0.3, 0.4) is 0 Å². The fourth-order valence-electron chi connectivity index (χ4n) is 1.65. The van der Waals surface area contributed by atoms with Gasteiger partial charge < -0.3 is 14.5 Å². The number of anilines is 1. The molecule has 0 atom stereocenters. The second kappa shape index (κ2) is 5.87. The molecule has 0 radical (unpaired) electrons. The summed E-state index contributed by atoms with van der Waals surface area (Å²) >= 11 is 0. The van der Waals surface area contributed by atoms with Gasteiger partial charge in [-0.25, -0.2) is 9.97 Å². The van der Waals surface area contributed by atoms with Gasteiger partial charge in [-0.2, -0.15) is 0 Å². The Kier molecular flexibility index (Phi) is 3.60. The van der Waals surface area contributed by atoms with Crippen LogP contribution >= 0.6 is 0 Å². The highest BCUT2D eigenvalue weighted by Gasteiger charge is 2.07. The van der Waals surface area contributed by atoms with Crippen molar-refractivity contribution >= 4 is 11.6 Å². The molecule has 0 aliphatic heterocycles. The minimum Gasteiger partial charge on any atom is -0.472 e. The molecule has 0 bridgehead atoms. The molecule has 1 N–H and O–H groups in total. The Morgan fingerprint density at radius 3 is 2.52 bits per heavy atom. The topological polar surface area (TPSA) is 77.2 Å². The van der Waals surface area contributed by atoms with E-state index in [-0.39, 0.29) is 11.9 Å². The lowest BCUT2D eigenvalue weighted by molar-refractivity contribution is 0.102. The van der Waals surface area contributed by atoms with E-state index in [0.29, 0.717) is 17.0 Å². The lowest BCUT2D eigenvalue weighted by atomic mass is 10.2. The van der Waals surface area contributed by atoms with Crippen LogP contribution in [-0.4, -0.2) is 15.9 Å². The summed E-state index contributed by atoms with van der Waals surface area (Å²) in [5.41, 5.74) is 1.12. The molecule has 0 aliphatic rings. The van der Waals surface area contributed by atoms with Crippen molar-refractivity contribution in [1.82, 2.24) is 9.97 Å². The first kappa shape index (κ1) is 12.9. The van der Waals surface area contributed by atoms with Crippen molar-refractivity contribution in [3.05, 3.63) is 66.9 Å². The van der Waals surface area contributed by atoms with Gasteiger partial charge in [0.25, 0.3) is 5.91 Å². The Morgan fingerprint density at radius 1 is 1.10 bits per heavy atom. The quantitative estimate of drug-likeness (QED) is 0.795. The Labute approximate surface area is 120 Å². The van der Waals surface area contributed by atoms with Crippen LogP contribution in [0.5, 0.6) is 11.8 Å². The molecule has 104 valence electrons. The summed E-state index contributed by atoms with van der Waals surface area (Å²) in [7, 11) is 0. The molecule has 1 amide bonds. The number of nitrogens with zero attached hydrogens (tertiary/aromatic N) is 2. The van der Waals surface area contributed by atoms with Gasteiger partial charge in [0, 0.05) is 18.1 Å². The van der Waals surface area contributed by atoms with Crippen LogP contribution in [0, 0.1) is 0 Å². The van der Waals surface area contributed by atoms with E-state index in [0.717, 1.165) is 0 Å². The van der Waals surface area contributed by atoms with Gasteiger partial charge in [-0.05, 0) is 36.4 Å². The molecule has 21 heavy (non-hydrogen) atoms. The third-order valence-electron chi connectivity index (χ3n) is 2.65. The van der Waals surface area contributed by atoms with E-state index < -0.39 is 0 Å². The molecule has 2 aromatic heterocycles. The zero-order valence-corrected chi connectivity index (χ0v) is 10.9. The van der Waals surface area contributed by atoms with Gasteiger partial charge >= 0.3 is 6.01 Å². The molecule has 0 saturated heterocycles. The number of aromatic nitrogens is 2. The molecule has 6 nitrogen and oxygen atoms in total. The van der Waals surface area contributed by atoms with Crippen LogP contribution in [0.1, 0.15) is 10.4 Å². The lowest BCUT2D eigenvalue weighted by Crippen LogP contribution is -2.10. The number of carbonyl (C=O) groups is 1. The highest BCUT2D eigenvalue weighted by Crippen LogP contribution is 2.20. The first-order chi connectivity index (χ1) is 10.3. The summed E-state index contributed by atoms with van der Waals surface area (Å²) in [5.74, 6) is 0.353. The average Bonchev–Trinajstić information content (AvgIpc) is 3.05. The SMILES string of the molecule is O=C(Nc1ccc(Oc2ncccn2)cc1)c1ccoc1. The van der Waals surface area contributed by atoms with Crippen molar-refractivity contribution in [3.63, 3.8) is 0 Å². The molecule has 0 saturated carbocycles. The molecule has 0 aliphatic carbocycles. The van der Waals surface area contributed by atoms with Crippen molar-refractivity contribution in [1.29, 1.82) is 0 Å². The van der Waals surface area contributed by atoms with Gasteiger partial charge in [0.2, 0.25) is 0 Å². The van der Waals surface area contributed by atoms with Crippen molar-refractivity contribution in [2.75, 3.05) is 5.32 Å². The summed E-state index contributed by atoms with van der Waals surface area (Å²) in [5, 5.41) is 2.75. The van der Waals surface area contributed by atoms with Gasteiger partial charge in [0.05, 0.1) is 11.8 Å². The average molecular weight is 281 g/mol. The van der Waals surface area contributed by atoms with E-state index in [1.165, 1.54) is 12.5 Å². The molecule has 0 unspecified atom stereocenters. The third-order valence-corrected chi connectivity index (χ3v) is 2.65. The van der Waals surface area contributed by atoms with Gasteiger partial charge in [-0.1, -0.05) is 0 Å². The predicted octanol–water partition coefficient (Wildman–Crippen LogP) is 3.11. The number of nitrogens with one attached hydrogen (secondary N) is 1. The first-order valence-electron chi connectivity index (χ1n) is 6.20. The normalized spacial score (nSPS) is 10.1. The number of benzene rings is 1. The van der Waals surface area contributed by atoms with Crippen LogP contribution in [0.4, 0.5) is 5.69 Å². The minimum atomic E-state index is -0.233. The smallest absolute Gasteiger partial charge is 0.321 e. The maximum Gasteiger partial charge on any atom is 0.321 e. The molecule has 6 heteroatoms. The molecule has 0 fully saturated rings. The second-order valence-electron chi connectivity index (χ2n) is 4.12. The van der Waals surface area contributed by atoms with Gasteiger partial charge in [-0.3, -0.25) is 4.79 Å². The number of amides is 1. The van der Waals surface area contributed by atoms with E-state index in [9.17, 15) is 4.79 Å². The van der Waals surface area contributed by atoms with Crippen molar-refractivity contribution in [2.24, 2.45) is 0 Å². The van der Waals surface area contributed by atoms with E-state index in [4.69, 9.17) is 9.15 Å². The zero-order valence-electron chi connectivity index (χ0n) is 10.9. The van der Waals surface area contributed by atoms with Crippen LogP contribution in [0.25, 0.3) is 0 Å². The maximum atomic E-state index is 11.8. The number of ether oxygens (including phenoxy) is 1. The van der Waals surface area contributed by atoms with Crippen LogP contribution < -0.4 is 10.1 Å². The Hall–Kier alpha value is -3.15. The van der Waals surface area contributed by atoms with Gasteiger partial charge in [0.15, 0.2) is 0 Å². The molecular formula is C15H11N3O3. The number of hydrogen-bond acceptors (Lipinski definition) is 5. The van der Waals surface area contributed by atoms with E-state index in [2.05, 4.69) is 15.3 Å². The van der Waals surface area contributed by atoms with Crippen molar-refractivity contribution < 1.29 is 13.9 Å². The summed E-state index contributed by atoms with van der Waals surface area (Å²) < 4.78 is 10.3. The summed E-state index contributed by atoms with van der Waals surface area (Å²) in [4.78, 5) is 19.8. The lowest BCUT2D eigenvalue weighted by Gasteiger charge is -2.06. The van der Waals surface area contributed by atoms with Crippen LogP contribution in [0.2, 0.25) is 0 Å². The summed E-state index contributed by atoms with van der Waals surface area (Å²) in [6.45, 7) is 0. The number of carbonyl (C=O) groups excluding carboxylic acids is 1. The molecular weight excluding hydrogens is 270 g/mol. The van der Waals surface area contributed by atoms with E-state index >= 15 is 0 Å². The predicted molar refractivity (Wildman–Crippen MR) is 75.2 cm³/mol. The molecule has 3 aromatic rings. The van der Waals surface area contributed by atoms with E-state index in [1.54, 1.807) is 48.8 Å². The van der Waals surface area contributed by atoms with Gasteiger partial charge in [0.1, 0.15) is 12.0 Å². The maximum absolute atomic E-state index is 11.8. The van der Waals surface area contributed by atoms with Crippen LogP contribution in [-0.2, 0) is 0 Å². The highest BCUT2D eigenvalue weighted by atomic mass is 16.5. The first-order valence-corrected chi connectivity index (χ1v) is 6.20. The minimum absolute atomic E-state index is 0.233. The number of hydrogen-bond donors (Lipinski definition) is 1. The Balaban J connectivity index is 1.65. The summed E-state index contributed by atoms with van der Waals surface area (Å²) in [6, 6.07) is 10.5. The zero-order chi connectivity index (χ0) is 14.5. The van der Waals surface area contributed by atoms with E-state index in [1.807, 2.05) is 0 Å². The monoisotopic (exact) mass is 281 g/mol. The second-order valence-corrected chi connectivity index (χ2v) is 4.12. The molecule has 2 heterocycles. The fraction of sp³-hybridized carbons (Fsp3) is 0. The highest BCUT2D eigenvalue weighted by molar-refractivity contribution is 6.03. The summed E-state index contributed by atoms with van der Waals surface area (Å²) in [6.07, 6.45) is 6.04. The Morgan fingerprint density at radius 2 is 1.86 bits per heavy atom. The molecule has 0 spiro atoms. The third kappa shape index (κ3) is 3.24. The number of rotatable bonds is 4. The van der Waals surface area contributed by atoms with Gasteiger partial charge in [-0.15, -0.1) is 0 Å². The van der Waals surface area contributed by atoms with Crippen LogP contribution in [0.15, 0.2) is 65.7 Å². The fourth-order valence-corrected chi connectivity index (χ4v) is 1.65. The standard InChI is InChI=1S/C15H11N3O3/c19-14(11-6-9-20-10-11)18-12-2-4-13(5-3-12)21-15-16-7-1-8-17-15/h1-10H,(H,18,19). The molecule has 3 rings (SSSR count).